The molecule has 2 aromatic rings. The molecule has 4 rings (SSSR count). The van der Waals surface area contributed by atoms with Crippen LogP contribution in [0.15, 0.2) is 36.5 Å². The molecule has 1 aromatic carbocycles. The molecular formula is C20H25N3O. The SMILES string of the molecule is O=C(NNc1cccc2ncccc12)C12CCCCC1CCCC2. The molecule has 1 heterocycles. The molecule has 2 saturated carbocycles. The van der Waals surface area contributed by atoms with Gasteiger partial charge in [-0.15, -0.1) is 0 Å². The van der Waals surface area contributed by atoms with Crippen molar-refractivity contribution in [3.05, 3.63) is 36.5 Å². The highest BCUT2D eigenvalue weighted by molar-refractivity contribution is 5.92. The zero-order valence-corrected chi connectivity index (χ0v) is 14.1. The maximum absolute atomic E-state index is 13.1. The Morgan fingerprint density at radius 2 is 1.83 bits per heavy atom. The summed E-state index contributed by atoms with van der Waals surface area (Å²) < 4.78 is 0. The monoisotopic (exact) mass is 323 g/mol. The van der Waals surface area contributed by atoms with Crippen molar-refractivity contribution in [2.45, 2.75) is 51.4 Å². The van der Waals surface area contributed by atoms with Crippen molar-refractivity contribution in [2.75, 3.05) is 5.43 Å². The molecule has 0 bridgehead atoms. The summed E-state index contributed by atoms with van der Waals surface area (Å²) in [5.41, 5.74) is 7.90. The van der Waals surface area contributed by atoms with Gasteiger partial charge in [0.05, 0.1) is 16.6 Å². The van der Waals surface area contributed by atoms with Crippen LogP contribution in [0.5, 0.6) is 0 Å². The number of anilines is 1. The molecule has 0 atom stereocenters. The van der Waals surface area contributed by atoms with Crippen molar-refractivity contribution in [1.82, 2.24) is 10.4 Å². The maximum Gasteiger partial charge on any atom is 0.244 e. The second-order valence-electron chi connectivity index (χ2n) is 7.30. The van der Waals surface area contributed by atoms with Crippen LogP contribution in [-0.4, -0.2) is 10.9 Å². The minimum Gasteiger partial charge on any atom is -0.298 e. The number of hydrazine groups is 1. The molecule has 1 amide bonds. The molecule has 2 aliphatic rings. The van der Waals surface area contributed by atoms with E-state index in [0.717, 1.165) is 29.4 Å². The number of hydrogen-bond donors (Lipinski definition) is 2. The first kappa shape index (κ1) is 15.4. The Kier molecular flexibility index (Phi) is 4.13. The van der Waals surface area contributed by atoms with Gasteiger partial charge in [-0.25, -0.2) is 0 Å². The van der Waals surface area contributed by atoms with E-state index in [0.29, 0.717) is 5.92 Å². The first-order valence-electron chi connectivity index (χ1n) is 9.20. The number of fused-ring (bicyclic) bond motifs is 2. The first-order valence-corrected chi connectivity index (χ1v) is 9.20. The standard InChI is InChI=1S/C20H25N3O/c24-19(20-12-3-1-7-15(20)8-2-4-13-20)23-22-18-11-5-10-17-16(18)9-6-14-21-17/h5-6,9-11,14-15,22H,1-4,7-8,12-13H2,(H,23,24). The topological polar surface area (TPSA) is 54.0 Å². The lowest BCUT2D eigenvalue weighted by Gasteiger charge is -2.46. The van der Waals surface area contributed by atoms with Gasteiger partial charge >= 0.3 is 0 Å². The molecule has 2 N–H and O–H groups in total. The van der Waals surface area contributed by atoms with E-state index >= 15 is 0 Å². The molecule has 4 nitrogen and oxygen atoms in total. The second-order valence-corrected chi connectivity index (χ2v) is 7.30. The number of aromatic nitrogens is 1. The molecule has 1 aromatic heterocycles. The van der Waals surface area contributed by atoms with Gasteiger partial charge in [0.2, 0.25) is 5.91 Å². The Balaban J connectivity index is 1.53. The molecule has 4 heteroatoms. The van der Waals surface area contributed by atoms with Crippen LogP contribution in [0.3, 0.4) is 0 Å². The highest BCUT2D eigenvalue weighted by atomic mass is 16.2. The summed E-state index contributed by atoms with van der Waals surface area (Å²) in [4.78, 5) is 17.4. The minimum absolute atomic E-state index is 0.146. The van der Waals surface area contributed by atoms with Crippen LogP contribution in [0.4, 0.5) is 5.69 Å². The lowest BCUT2D eigenvalue weighted by molar-refractivity contribution is -0.138. The summed E-state index contributed by atoms with van der Waals surface area (Å²) in [6, 6.07) is 9.89. The van der Waals surface area contributed by atoms with Crippen LogP contribution in [0, 0.1) is 11.3 Å². The van der Waals surface area contributed by atoms with Crippen molar-refractivity contribution < 1.29 is 4.79 Å². The highest BCUT2D eigenvalue weighted by Gasteiger charge is 2.47. The fraction of sp³-hybridized carbons (Fsp3) is 0.500. The van der Waals surface area contributed by atoms with Crippen molar-refractivity contribution >= 4 is 22.5 Å². The predicted octanol–water partition coefficient (Wildman–Crippen LogP) is 4.43. The van der Waals surface area contributed by atoms with Crippen molar-refractivity contribution in [2.24, 2.45) is 11.3 Å². The molecule has 0 saturated heterocycles. The van der Waals surface area contributed by atoms with E-state index in [1.807, 2.05) is 30.3 Å². The summed E-state index contributed by atoms with van der Waals surface area (Å²) in [6.07, 6.45) is 11.2. The van der Waals surface area contributed by atoms with Gasteiger partial charge in [0.25, 0.3) is 0 Å². The van der Waals surface area contributed by atoms with E-state index < -0.39 is 0 Å². The number of nitrogens with one attached hydrogen (secondary N) is 2. The maximum atomic E-state index is 13.1. The lowest BCUT2D eigenvalue weighted by Crippen LogP contribution is -2.50. The second kappa shape index (κ2) is 6.42. The Bertz CT molecular complexity index is 725. The Morgan fingerprint density at radius 1 is 1.04 bits per heavy atom. The van der Waals surface area contributed by atoms with Gasteiger partial charge in [-0.05, 0) is 55.9 Å². The van der Waals surface area contributed by atoms with Gasteiger partial charge in [0.15, 0.2) is 0 Å². The average Bonchev–Trinajstić information content (AvgIpc) is 2.66. The first-order chi connectivity index (χ1) is 11.8. The van der Waals surface area contributed by atoms with Crippen LogP contribution in [0.1, 0.15) is 51.4 Å². The van der Waals surface area contributed by atoms with Gasteiger partial charge < -0.3 is 0 Å². The number of benzene rings is 1. The molecule has 2 fully saturated rings. The number of pyridine rings is 1. The third kappa shape index (κ3) is 2.64. The number of amides is 1. The average molecular weight is 323 g/mol. The number of hydrogen-bond acceptors (Lipinski definition) is 3. The van der Waals surface area contributed by atoms with Crippen LogP contribution in [0.25, 0.3) is 10.9 Å². The molecule has 2 aliphatic carbocycles. The van der Waals surface area contributed by atoms with Crippen LogP contribution < -0.4 is 10.9 Å². The van der Waals surface area contributed by atoms with Crippen LogP contribution in [-0.2, 0) is 4.79 Å². The van der Waals surface area contributed by atoms with Gasteiger partial charge in [0, 0.05) is 11.6 Å². The molecule has 0 spiro atoms. The molecule has 24 heavy (non-hydrogen) atoms. The number of carbonyl (C=O) groups is 1. The summed E-state index contributed by atoms with van der Waals surface area (Å²) in [5.74, 6) is 0.753. The van der Waals surface area contributed by atoms with Crippen LogP contribution in [0.2, 0.25) is 0 Å². The van der Waals surface area contributed by atoms with Gasteiger partial charge in [-0.1, -0.05) is 31.7 Å². The fourth-order valence-electron chi connectivity index (χ4n) is 4.77. The van der Waals surface area contributed by atoms with Crippen molar-refractivity contribution in [3.8, 4) is 0 Å². The number of carbonyl (C=O) groups excluding carboxylic acids is 1. The number of nitrogens with zero attached hydrogens (tertiary/aromatic N) is 1. The molecular weight excluding hydrogens is 298 g/mol. The normalized spacial score (nSPS) is 26.6. The van der Waals surface area contributed by atoms with Gasteiger partial charge in [-0.3, -0.25) is 20.6 Å². The van der Waals surface area contributed by atoms with Crippen LogP contribution >= 0.6 is 0 Å². The van der Waals surface area contributed by atoms with E-state index in [1.165, 1.54) is 38.5 Å². The summed E-state index contributed by atoms with van der Waals surface area (Å²) >= 11 is 0. The Hall–Kier alpha value is -2.10. The van der Waals surface area contributed by atoms with E-state index in [-0.39, 0.29) is 11.3 Å². The van der Waals surface area contributed by atoms with E-state index in [4.69, 9.17) is 0 Å². The predicted molar refractivity (Wildman–Crippen MR) is 96.4 cm³/mol. The van der Waals surface area contributed by atoms with Gasteiger partial charge in [0.1, 0.15) is 0 Å². The Labute approximate surface area is 143 Å². The fourth-order valence-corrected chi connectivity index (χ4v) is 4.77. The zero-order chi connectivity index (χ0) is 16.4. The van der Waals surface area contributed by atoms with Crippen molar-refractivity contribution in [3.63, 3.8) is 0 Å². The third-order valence-electron chi connectivity index (χ3n) is 6.04. The quantitative estimate of drug-likeness (QED) is 0.822. The molecule has 126 valence electrons. The Morgan fingerprint density at radius 3 is 2.62 bits per heavy atom. The summed E-state index contributed by atoms with van der Waals surface area (Å²) in [7, 11) is 0. The smallest absolute Gasteiger partial charge is 0.244 e. The lowest BCUT2D eigenvalue weighted by atomic mass is 9.59. The third-order valence-corrected chi connectivity index (χ3v) is 6.04. The van der Waals surface area contributed by atoms with Gasteiger partial charge in [-0.2, -0.15) is 0 Å². The highest BCUT2D eigenvalue weighted by Crippen LogP contribution is 2.50. The van der Waals surface area contributed by atoms with E-state index in [9.17, 15) is 4.79 Å². The molecule has 0 radical (unpaired) electrons. The number of rotatable bonds is 3. The van der Waals surface area contributed by atoms with Crippen molar-refractivity contribution in [1.29, 1.82) is 0 Å². The zero-order valence-electron chi connectivity index (χ0n) is 14.1. The summed E-state index contributed by atoms with van der Waals surface area (Å²) in [6.45, 7) is 0. The largest absolute Gasteiger partial charge is 0.298 e. The van der Waals surface area contributed by atoms with E-state index in [2.05, 4.69) is 15.8 Å². The van der Waals surface area contributed by atoms with E-state index in [1.54, 1.807) is 6.20 Å². The molecule has 0 unspecified atom stereocenters. The molecule has 0 aliphatic heterocycles. The minimum atomic E-state index is -0.146. The summed E-state index contributed by atoms with van der Waals surface area (Å²) in [5, 5.41) is 1.03.